The second-order valence-corrected chi connectivity index (χ2v) is 3.34. The molecule has 0 N–H and O–H groups in total. The second kappa shape index (κ2) is 5.79. The lowest BCUT2D eigenvalue weighted by Gasteiger charge is -2.09. The first-order chi connectivity index (χ1) is 8.02. The van der Waals surface area contributed by atoms with E-state index in [-0.39, 0.29) is 17.9 Å². The zero-order valence-electron chi connectivity index (χ0n) is 9.56. The molecule has 0 saturated carbocycles. The highest BCUT2D eigenvalue weighted by Gasteiger charge is 2.10. The number of esters is 2. The third-order valence-electron chi connectivity index (χ3n) is 1.83. The standard InChI is InChI=1S/C12H12O5/c1-8(14)16-11-4-3-10(5-6-13)7-12(11)17-9(2)15/h3-4,6-7H,5H2,1-2H3. The molecule has 17 heavy (non-hydrogen) atoms. The third kappa shape index (κ3) is 4.06. The molecule has 0 bridgehead atoms. The van der Waals surface area contributed by atoms with Crippen LogP contribution in [0.25, 0.3) is 0 Å². The van der Waals surface area contributed by atoms with Crippen molar-refractivity contribution >= 4 is 18.2 Å². The molecule has 0 aliphatic heterocycles. The van der Waals surface area contributed by atoms with Crippen LogP contribution in [0.1, 0.15) is 19.4 Å². The van der Waals surface area contributed by atoms with Crippen molar-refractivity contribution in [1.82, 2.24) is 0 Å². The van der Waals surface area contributed by atoms with Crippen LogP contribution in [0.2, 0.25) is 0 Å². The molecule has 0 atom stereocenters. The SMILES string of the molecule is CC(=O)Oc1ccc(CC=O)cc1OC(C)=O. The minimum Gasteiger partial charge on any atom is -0.423 e. The highest BCUT2D eigenvalue weighted by atomic mass is 16.6. The number of rotatable bonds is 4. The van der Waals surface area contributed by atoms with Gasteiger partial charge in [-0.3, -0.25) is 9.59 Å². The van der Waals surface area contributed by atoms with Gasteiger partial charge < -0.3 is 14.3 Å². The lowest BCUT2D eigenvalue weighted by molar-refractivity contribution is -0.134. The predicted octanol–water partition coefficient (Wildman–Crippen LogP) is 1.28. The molecule has 1 aromatic rings. The first-order valence-corrected chi connectivity index (χ1v) is 4.96. The summed E-state index contributed by atoms with van der Waals surface area (Å²) < 4.78 is 9.78. The van der Waals surface area contributed by atoms with E-state index in [1.165, 1.54) is 26.0 Å². The van der Waals surface area contributed by atoms with E-state index in [0.29, 0.717) is 5.56 Å². The normalized spacial score (nSPS) is 9.53. The van der Waals surface area contributed by atoms with Gasteiger partial charge in [0, 0.05) is 20.3 Å². The summed E-state index contributed by atoms with van der Waals surface area (Å²) in [7, 11) is 0. The lowest BCUT2D eigenvalue weighted by atomic mass is 10.1. The summed E-state index contributed by atoms with van der Waals surface area (Å²) in [6.45, 7) is 2.49. The van der Waals surface area contributed by atoms with Gasteiger partial charge in [0.15, 0.2) is 11.5 Å². The lowest BCUT2D eigenvalue weighted by Crippen LogP contribution is -2.07. The fourth-order valence-electron chi connectivity index (χ4n) is 1.25. The Hall–Kier alpha value is -2.17. The Morgan fingerprint density at radius 2 is 1.71 bits per heavy atom. The fraction of sp³-hybridized carbons (Fsp3) is 0.250. The van der Waals surface area contributed by atoms with Gasteiger partial charge in [0.05, 0.1) is 0 Å². The number of hydrogen-bond acceptors (Lipinski definition) is 5. The maximum Gasteiger partial charge on any atom is 0.308 e. The summed E-state index contributed by atoms with van der Waals surface area (Å²) in [6, 6.07) is 4.60. The van der Waals surface area contributed by atoms with Gasteiger partial charge in [-0.15, -0.1) is 0 Å². The van der Waals surface area contributed by atoms with E-state index >= 15 is 0 Å². The summed E-state index contributed by atoms with van der Waals surface area (Å²) in [4.78, 5) is 32.1. The average molecular weight is 236 g/mol. The Labute approximate surface area is 98.3 Å². The maximum atomic E-state index is 10.9. The Bertz CT molecular complexity index is 450. The molecular weight excluding hydrogens is 224 g/mol. The number of carbonyl (C=O) groups excluding carboxylic acids is 3. The van der Waals surface area contributed by atoms with Crippen molar-refractivity contribution < 1.29 is 23.9 Å². The minimum absolute atomic E-state index is 0.132. The molecule has 1 aromatic carbocycles. The summed E-state index contributed by atoms with van der Waals surface area (Å²) >= 11 is 0. The molecule has 0 amide bonds. The topological polar surface area (TPSA) is 69.7 Å². The number of hydrogen-bond donors (Lipinski definition) is 0. The largest absolute Gasteiger partial charge is 0.423 e. The summed E-state index contributed by atoms with van der Waals surface area (Å²) in [5, 5.41) is 0. The molecule has 0 unspecified atom stereocenters. The van der Waals surface area contributed by atoms with Crippen molar-refractivity contribution in [3.63, 3.8) is 0 Å². The summed E-state index contributed by atoms with van der Waals surface area (Å²) in [5.41, 5.74) is 0.673. The molecular formula is C12H12O5. The minimum atomic E-state index is -0.526. The van der Waals surface area contributed by atoms with Crippen LogP contribution >= 0.6 is 0 Å². The Kier molecular flexibility index (Phi) is 4.39. The maximum absolute atomic E-state index is 10.9. The molecule has 5 heteroatoms. The predicted molar refractivity (Wildman–Crippen MR) is 58.8 cm³/mol. The van der Waals surface area contributed by atoms with E-state index in [1.54, 1.807) is 6.07 Å². The van der Waals surface area contributed by atoms with Gasteiger partial charge in [0.2, 0.25) is 0 Å². The van der Waals surface area contributed by atoms with Crippen molar-refractivity contribution in [3.05, 3.63) is 23.8 Å². The van der Waals surface area contributed by atoms with Crippen molar-refractivity contribution in [1.29, 1.82) is 0 Å². The molecule has 0 aliphatic carbocycles. The number of aldehydes is 1. The van der Waals surface area contributed by atoms with Crippen molar-refractivity contribution in [2.75, 3.05) is 0 Å². The molecule has 0 fully saturated rings. The quantitative estimate of drug-likeness (QED) is 0.447. The molecule has 5 nitrogen and oxygen atoms in total. The van der Waals surface area contributed by atoms with Gasteiger partial charge in [-0.2, -0.15) is 0 Å². The van der Waals surface area contributed by atoms with Crippen LogP contribution < -0.4 is 9.47 Å². The van der Waals surface area contributed by atoms with Gasteiger partial charge in [0.1, 0.15) is 6.29 Å². The van der Waals surface area contributed by atoms with Gasteiger partial charge in [-0.25, -0.2) is 0 Å². The van der Waals surface area contributed by atoms with Crippen molar-refractivity contribution in [3.8, 4) is 11.5 Å². The number of ether oxygens (including phenoxy) is 2. The summed E-state index contributed by atoms with van der Waals surface area (Å²) in [6.07, 6.45) is 0.938. The van der Waals surface area contributed by atoms with E-state index in [4.69, 9.17) is 9.47 Å². The zero-order valence-corrected chi connectivity index (χ0v) is 9.56. The van der Waals surface area contributed by atoms with Gasteiger partial charge >= 0.3 is 11.9 Å². The Balaban J connectivity index is 3.06. The van der Waals surface area contributed by atoms with Gasteiger partial charge in [-0.05, 0) is 17.7 Å². The molecule has 90 valence electrons. The second-order valence-electron chi connectivity index (χ2n) is 3.34. The zero-order chi connectivity index (χ0) is 12.8. The van der Waals surface area contributed by atoms with Crippen molar-refractivity contribution in [2.45, 2.75) is 20.3 Å². The van der Waals surface area contributed by atoms with Gasteiger partial charge in [-0.1, -0.05) is 6.07 Å². The molecule has 0 radical (unpaired) electrons. The van der Waals surface area contributed by atoms with Gasteiger partial charge in [0.25, 0.3) is 0 Å². The molecule has 1 rings (SSSR count). The van der Waals surface area contributed by atoms with Crippen molar-refractivity contribution in [2.24, 2.45) is 0 Å². The van der Waals surface area contributed by atoms with Crippen LogP contribution in [-0.4, -0.2) is 18.2 Å². The first kappa shape index (κ1) is 12.9. The van der Waals surface area contributed by atoms with Crippen LogP contribution in [0.4, 0.5) is 0 Å². The molecule has 0 spiro atoms. The Morgan fingerprint density at radius 1 is 1.12 bits per heavy atom. The van der Waals surface area contributed by atoms with Crippen LogP contribution in [0, 0.1) is 0 Å². The molecule has 0 aliphatic rings. The third-order valence-corrected chi connectivity index (χ3v) is 1.83. The van der Waals surface area contributed by atoms with Crippen LogP contribution in [0.5, 0.6) is 11.5 Å². The highest BCUT2D eigenvalue weighted by Crippen LogP contribution is 2.28. The van der Waals surface area contributed by atoms with E-state index in [0.717, 1.165) is 6.29 Å². The first-order valence-electron chi connectivity index (χ1n) is 4.96. The highest BCUT2D eigenvalue weighted by molar-refractivity contribution is 5.74. The Morgan fingerprint density at radius 3 is 2.24 bits per heavy atom. The monoisotopic (exact) mass is 236 g/mol. The van der Waals surface area contributed by atoms with Crippen LogP contribution in [0.15, 0.2) is 18.2 Å². The molecule has 0 aromatic heterocycles. The van der Waals surface area contributed by atoms with Crippen LogP contribution in [-0.2, 0) is 20.8 Å². The fourth-order valence-corrected chi connectivity index (χ4v) is 1.25. The van der Waals surface area contributed by atoms with E-state index < -0.39 is 11.9 Å². The average Bonchev–Trinajstić information content (AvgIpc) is 2.21. The smallest absolute Gasteiger partial charge is 0.308 e. The molecule has 0 saturated heterocycles. The van der Waals surface area contributed by atoms with E-state index in [1.807, 2.05) is 0 Å². The van der Waals surface area contributed by atoms with Crippen LogP contribution in [0.3, 0.4) is 0 Å². The van der Waals surface area contributed by atoms with E-state index in [9.17, 15) is 14.4 Å². The van der Waals surface area contributed by atoms with E-state index in [2.05, 4.69) is 0 Å². The number of benzene rings is 1. The summed E-state index contributed by atoms with van der Waals surface area (Å²) in [5.74, 6) is -0.752. The molecule has 0 heterocycles. The number of carbonyl (C=O) groups is 3.